The van der Waals surface area contributed by atoms with Crippen molar-refractivity contribution in [1.29, 1.82) is 0 Å². The molecule has 0 aliphatic heterocycles. The summed E-state index contributed by atoms with van der Waals surface area (Å²) in [6.07, 6.45) is 2.98. The van der Waals surface area contributed by atoms with Gasteiger partial charge in [0, 0.05) is 10.9 Å². The highest BCUT2D eigenvalue weighted by molar-refractivity contribution is 9.09. The summed E-state index contributed by atoms with van der Waals surface area (Å²) in [6.45, 7) is 6.34. The Kier molecular flexibility index (Phi) is 4.62. The monoisotopic (exact) mass is 359 g/mol. The average Bonchev–Trinajstić information content (AvgIpc) is 2.73. The predicted molar refractivity (Wildman–Crippen MR) is 85.8 cm³/mol. The lowest BCUT2D eigenvalue weighted by atomic mass is 9.87. The zero-order valence-electron chi connectivity index (χ0n) is 12.2. The van der Waals surface area contributed by atoms with Gasteiger partial charge in [0.1, 0.15) is 0 Å². The van der Waals surface area contributed by atoms with E-state index in [1.54, 1.807) is 12.1 Å². The lowest BCUT2D eigenvalue weighted by Gasteiger charge is -2.20. The van der Waals surface area contributed by atoms with Gasteiger partial charge in [0.15, 0.2) is 0 Å². The topological polar surface area (TPSA) is 46.2 Å². The molecule has 20 heavy (non-hydrogen) atoms. The van der Waals surface area contributed by atoms with Gasteiger partial charge in [-0.15, -0.1) is 0 Å². The van der Waals surface area contributed by atoms with Crippen LogP contribution in [0.4, 0.5) is 0 Å². The van der Waals surface area contributed by atoms with E-state index in [2.05, 4.69) is 41.4 Å². The molecule has 1 fully saturated rings. The van der Waals surface area contributed by atoms with E-state index in [4.69, 9.17) is 0 Å². The maximum Gasteiger partial charge on any atom is 0.240 e. The third-order valence-corrected chi connectivity index (χ3v) is 6.37. The molecule has 0 aromatic heterocycles. The van der Waals surface area contributed by atoms with Crippen molar-refractivity contribution in [1.82, 2.24) is 4.72 Å². The first-order valence-electron chi connectivity index (χ1n) is 6.97. The fourth-order valence-electron chi connectivity index (χ4n) is 2.45. The van der Waals surface area contributed by atoms with Crippen molar-refractivity contribution in [3.05, 3.63) is 29.8 Å². The molecule has 0 radical (unpaired) electrons. The Morgan fingerprint density at radius 3 is 2.20 bits per heavy atom. The number of rotatable bonds is 3. The summed E-state index contributed by atoms with van der Waals surface area (Å²) in [6, 6.07) is 7.19. The second-order valence-corrected chi connectivity index (χ2v) is 9.34. The number of benzene rings is 1. The van der Waals surface area contributed by atoms with Crippen LogP contribution in [0.25, 0.3) is 0 Å². The molecule has 0 spiro atoms. The fourth-order valence-corrected chi connectivity index (χ4v) is 4.66. The first-order chi connectivity index (χ1) is 9.20. The highest BCUT2D eigenvalue weighted by Crippen LogP contribution is 2.28. The van der Waals surface area contributed by atoms with E-state index in [9.17, 15) is 8.42 Å². The van der Waals surface area contributed by atoms with Crippen molar-refractivity contribution in [3.63, 3.8) is 0 Å². The van der Waals surface area contributed by atoms with Crippen molar-refractivity contribution in [2.75, 3.05) is 0 Å². The van der Waals surface area contributed by atoms with Crippen molar-refractivity contribution >= 4 is 26.0 Å². The molecule has 1 saturated carbocycles. The van der Waals surface area contributed by atoms with Crippen molar-refractivity contribution in [3.8, 4) is 0 Å². The van der Waals surface area contributed by atoms with E-state index in [1.165, 1.54) is 0 Å². The quantitative estimate of drug-likeness (QED) is 0.838. The molecule has 1 aromatic carbocycles. The van der Waals surface area contributed by atoms with Gasteiger partial charge in [-0.25, -0.2) is 13.1 Å². The van der Waals surface area contributed by atoms with E-state index in [1.807, 2.05) is 12.1 Å². The number of alkyl halides is 1. The molecular weight excluding hydrogens is 338 g/mol. The van der Waals surface area contributed by atoms with Gasteiger partial charge < -0.3 is 0 Å². The second-order valence-electron chi connectivity index (χ2n) is 6.45. The number of halogens is 1. The summed E-state index contributed by atoms with van der Waals surface area (Å²) < 4.78 is 27.5. The Morgan fingerprint density at radius 2 is 1.75 bits per heavy atom. The first-order valence-corrected chi connectivity index (χ1v) is 9.37. The Hall–Kier alpha value is -0.390. The van der Waals surface area contributed by atoms with Gasteiger partial charge in [0.25, 0.3) is 0 Å². The van der Waals surface area contributed by atoms with Crippen LogP contribution in [-0.4, -0.2) is 19.3 Å². The maximum absolute atomic E-state index is 12.4. The number of nitrogens with one attached hydrogen (secondary N) is 1. The third-order valence-electron chi connectivity index (χ3n) is 3.77. The Bertz CT molecular complexity index is 561. The Labute approximate surface area is 130 Å². The van der Waals surface area contributed by atoms with Gasteiger partial charge in [0.05, 0.1) is 4.90 Å². The van der Waals surface area contributed by atoms with Crippen LogP contribution in [0.3, 0.4) is 0 Å². The summed E-state index contributed by atoms with van der Waals surface area (Å²) >= 11 is 3.54. The van der Waals surface area contributed by atoms with Crippen LogP contribution in [-0.2, 0) is 15.4 Å². The summed E-state index contributed by atoms with van der Waals surface area (Å²) in [7, 11) is -3.42. The van der Waals surface area contributed by atoms with Gasteiger partial charge in [-0.3, -0.25) is 0 Å². The minimum Gasteiger partial charge on any atom is -0.207 e. The summed E-state index contributed by atoms with van der Waals surface area (Å²) in [5, 5.41) is 0. The van der Waals surface area contributed by atoms with Crippen LogP contribution in [0.15, 0.2) is 29.2 Å². The molecule has 1 aliphatic rings. The molecule has 1 aliphatic carbocycles. The minimum absolute atomic E-state index is 0.00212. The molecule has 0 unspecified atom stereocenters. The minimum atomic E-state index is -3.42. The standard InChI is InChI=1S/C15H22BrNO2S/c1-15(2,3)11-7-9-12(10-8-11)20(18,19)17-14-6-4-5-13(14)16/h7-10,13-14,17H,4-6H2,1-3H3/t13-,14-/m1/s1. The van der Waals surface area contributed by atoms with Gasteiger partial charge >= 0.3 is 0 Å². The van der Waals surface area contributed by atoms with Crippen LogP contribution in [0.2, 0.25) is 0 Å². The number of hydrogen-bond donors (Lipinski definition) is 1. The highest BCUT2D eigenvalue weighted by Gasteiger charge is 2.29. The first kappa shape index (κ1) is 16.0. The van der Waals surface area contributed by atoms with E-state index in [-0.39, 0.29) is 16.3 Å². The largest absolute Gasteiger partial charge is 0.240 e. The van der Waals surface area contributed by atoms with Crippen LogP contribution in [0.1, 0.15) is 45.6 Å². The molecule has 1 N–H and O–H groups in total. The molecule has 1 aromatic rings. The van der Waals surface area contributed by atoms with Crippen LogP contribution in [0.5, 0.6) is 0 Å². The van der Waals surface area contributed by atoms with Gasteiger partial charge in [0.2, 0.25) is 10.0 Å². The molecule has 0 amide bonds. The maximum atomic E-state index is 12.4. The Morgan fingerprint density at radius 1 is 1.15 bits per heavy atom. The zero-order valence-corrected chi connectivity index (χ0v) is 14.6. The molecule has 0 heterocycles. The SMILES string of the molecule is CC(C)(C)c1ccc(S(=O)(=O)N[C@@H]2CCC[C@H]2Br)cc1. The summed E-state index contributed by atoms with van der Waals surface area (Å²) in [4.78, 5) is 0.586. The van der Waals surface area contributed by atoms with Gasteiger partial charge in [-0.1, -0.05) is 55.3 Å². The molecule has 2 atom stereocenters. The summed E-state index contributed by atoms with van der Waals surface area (Å²) in [5.74, 6) is 0. The molecule has 3 nitrogen and oxygen atoms in total. The van der Waals surface area contributed by atoms with Gasteiger partial charge in [-0.2, -0.15) is 0 Å². The second kappa shape index (κ2) is 5.78. The van der Waals surface area contributed by atoms with E-state index < -0.39 is 10.0 Å². The van der Waals surface area contributed by atoms with Crippen LogP contribution in [0, 0.1) is 0 Å². The normalized spacial score (nSPS) is 24.0. The highest BCUT2D eigenvalue weighted by atomic mass is 79.9. The Balaban J connectivity index is 2.17. The van der Waals surface area contributed by atoms with E-state index in [0.717, 1.165) is 24.8 Å². The van der Waals surface area contributed by atoms with Gasteiger partial charge in [-0.05, 0) is 36.0 Å². The molecular formula is C15H22BrNO2S. The molecule has 0 saturated heterocycles. The third kappa shape index (κ3) is 3.62. The molecule has 0 bridgehead atoms. The van der Waals surface area contributed by atoms with Crippen molar-refractivity contribution in [2.24, 2.45) is 0 Å². The van der Waals surface area contributed by atoms with Crippen LogP contribution >= 0.6 is 15.9 Å². The average molecular weight is 360 g/mol. The van der Waals surface area contributed by atoms with Crippen LogP contribution < -0.4 is 4.72 Å². The lowest BCUT2D eigenvalue weighted by Crippen LogP contribution is -2.37. The number of sulfonamides is 1. The molecule has 2 rings (SSSR count). The van der Waals surface area contributed by atoms with Crippen molar-refractivity contribution < 1.29 is 8.42 Å². The molecule has 112 valence electrons. The lowest BCUT2D eigenvalue weighted by molar-refractivity contribution is 0.555. The summed E-state index contributed by atoms with van der Waals surface area (Å²) in [5.41, 5.74) is 1.16. The number of hydrogen-bond acceptors (Lipinski definition) is 2. The zero-order chi connectivity index (χ0) is 15.0. The fraction of sp³-hybridized carbons (Fsp3) is 0.600. The van der Waals surface area contributed by atoms with E-state index in [0.29, 0.717) is 4.90 Å². The molecule has 5 heteroatoms. The van der Waals surface area contributed by atoms with Crippen molar-refractivity contribution in [2.45, 2.75) is 61.2 Å². The smallest absolute Gasteiger partial charge is 0.207 e. The van der Waals surface area contributed by atoms with E-state index >= 15 is 0 Å². The predicted octanol–water partition coefficient (Wildman–Crippen LogP) is 3.58.